The lowest BCUT2D eigenvalue weighted by Crippen LogP contribution is -1.95. The van der Waals surface area contributed by atoms with E-state index in [1.54, 1.807) is 13.8 Å². The van der Waals surface area contributed by atoms with Gasteiger partial charge in [-0.1, -0.05) is 12.7 Å². The molecule has 0 radical (unpaired) electrons. The first-order valence-corrected chi connectivity index (χ1v) is 3.02. The summed E-state index contributed by atoms with van der Waals surface area (Å²) in [5, 5.41) is 0. The predicted molar refractivity (Wildman–Crippen MR) is 41.9 cm³/mol. The largest absolute Gasteiger partial charge is 0.399 e. The topological polar surface area (TPSA) is 26.0 Å². The molecule has 0 heterocycles. The van der Waals surface area contributed by atoms with E-state index < -0.39 is 0 Å². The van der Waals surface area contributed by atoms with Crippen LogP contribution in [0.3, 0.4) is 0 Å². The first-order chi connectivity index (χ1) is 4.57. The summed E-state index contributed by atoms with van der Waals surface area (Å²) in [7, 11) is 0. The second-order valence-corrected chi connectivity index (χ2v) is 2.03. The van der Waals surface area contributed by atoms with E-state index in [-0.39, 0.29) is 5.83 Å². The number of halogens is 1. The van der Waals surface area contributed by atoms with E-state index in [1.165, 1.54) is 12.2 Å². The van der Waals surface area contributed by atoms with Crippen LogP contribution < -0.4 is 5.73 Å². The van der Waals surface area contributed by atoms with Gasteiger partial charge in [0.05, 0.1) is 0 Å². The Morgan fingerprint density at radius 1 is 1.60 bits per heavy atom. The van der Waals surface area contributed by atoms with Crippen molar-refractivity contribution >= 4 is 0 Å². The van der Waals surface area contributed by atoms with Crippen LogP contribution in [-0.4, -0.2) is 0 Å². The Hall–Kier alpha value is -1.05. The third-order valence-electron chi connectivity index (χ3n) is 1.14. The van der Waals surface area contributed by atoms with Gasteiger partial charge in [0.25, 0.3) is 0 Å². The van der Waals surface area contributed by atoms with Crippen molar-refractivity contribution in [1.82, 2.24) is 0 Å². The molecule has 0 aliphatic heterocycles. The maximum atomic E-state index is 12.4. The first-order valence-electron chi connectivity index (χ1n) is 3.02. The number of nitrogens with two attached hydrogens (primary N) is 1. The first kappa shape index (κ1) is 8.95. The van der Waals surface area contributed by atoms with Gasteiger partial charge in [-0.2, -0.15) is 0 Å². The average molecular weight is 141 g/mol. The fourth-order valence-electron chi connectivity index (χ4n) is 0.383. The van der Waals surface area contributed by atoms with Crippen LogP contribution in [0.4, 0.5) is 4.39 Å². The summed E-state index contributed by atoms with van der Waals surface area (Å²) < 4.78 is 12.4. The Balaban J connectivity index is 4.31. The van der Waals surface area contributed by atoms with Crippen molar-refractivity contribution in [3.8, 4) is 0 Å². The van der Waals surface area contributed by atoms with Gasteiger partial charge in [0.15, 0.2) is 0 Å². The molecule has 1 nitrogen and oxygen atoms in total. The van der Waals surface area contributed by atoms with Crippen LogP contribution in [0.5, 0.6) is 0 Å². The van der Waals surface area contributed by atoms with Crippen molar-refractivity contribution in [2.75, 3.05) is 0 Å². The minimum absolute atomic E-state index is 0.288. The van der Waals surface area contributed by atoms with Crippen LogP contribution in [0.25, 0.3) is 0 Å². The molecule has 0 aromatic carbocycles. The molecule has 0 rings (SSSR count). The summed E-state index contributed by atoms with van der Waals surface area (Å²) in [6.07, 6.45) is 2.72. The standard InChI is InChI=1S/C8H12FN/c1-4-8(9)5-6(2)7(3)10/h4-5H,3,10H2,1-2H3/b6-5-,8-4+. The van der Waals surface area contributed by atoms with E-state index in [9.17, 15) is 4.39 Å². The van der Waals surface area contributed by atoms with Gasteiger partial charge < -0.3 is 5.73 Å². The fraction of sp³-hybridized carbons (Fsp3) is 0.250. The minimum Gasteiger partial charge on any atom is -0.399 e. The molecule has 0 amide bonds. The smallest absolute Gasteiger partial charge is 0.119 e. The Labute approximate surface area is 60.7 Å². The number of allylic oxidation sites excluding steroid dienone is 4. The van der Waals surface area contributed by atoms with Crippen molar-refractivity contribution in [3.05, 3.63) is 35.8 Å². The molecular weight excluding hydrogens is 129 g/mol. The summed E-state index contributed by atoms with van der Waals surface area (Å²) in [5.41, 5.74) is 6.34. The molecule has 0 aromatic heterocycles. The van der Waals surface area contributed by atoms with Gasteiger partial charge in [-0.25, -0.2) is 4.39 Å². The second kappa shape index (κ2) is 3.88. The van der Waals surface area contributed by atoms with E-state index in [4.69, 9.17) is 5.73 Å². The Kier molecular flexibility index (Phi) is 3.47. The molecule has 2 heteroatoms. The Morgan fingerprint density at radius 3 is 2.40 bits per heavy atom. The van der Waals surface area contributed by atoms with Crippen molar-refractivity contribution in [2.24, 2.45) is 5.73 Å². The van der Waals surface area contributed by atoms with Gasteiger partial charge in [-0.15, -0.1) is 0 Å². The minimum atomic E-state index is -0.288. The number of hydrogen-bond donors (Lipinski definition) is 1. The van der Waals surface area contributed by atoms with Crippen LogP contribution in [0.2, 0.25) is 0 Å². The molecule has 56 valence electrons. The Morgan fingerprint density at radius 2 is 2.10 bits per heavy atom. The van der Waals surface area contributed by atoms with E-state index in [0.29, 0.717) is 11.3 Å². The van der Waals surface area contributed by atoms with Gasteiger partial charge in [0.2, 0.25) is 0 Å². The molecule has 0 spiro atoms. The molecule has 0 atom stereocenters. The van der Waals surface area contributed by atoms with Gasteiger partial charge in [0.1, 0.15) is 5.83 Å². The zero-order valence-corrected chi connectivity index (χ0v) is 6.32. The van der Waals surface area contributed by atoms with Gasteiger partial charge in [-0.05, 0) is 25.5 Å². The highest BCUT2D eigenvalue weighted by Gasteiger charge is 1.91. The summed E-state index contributed by atoms with van der Waals surface area (Å²) in [5.74, 6) is -0.288. The maximum Gasteiger partial charge on any atom is 0.119 e. The molecule has 0 aromatic rings. The summed E-state index contributed by atoms with van der Waals surface area (Å²) in [6.45, 7) is 6.80. The number of hydrogen-bond acceptors (Lipinski definition) is 1. The van der Waals surface area contributed by atoms with Gasteiger partial charge in [-0.3, -0.25) is 0 Å². The molecular formula is C8H12FN. The quantitative estimate of drug-likeness (QED) is 0.586. The van der Waals surface area contributed by atoms with Crippen molar-refractivity contribution < 1.29 is 4.39 Å². The molecule has 0 saturated heterocycles. The molecule has 0 bridgehead atoms. The van der Waals surface area contributed by atoms with Crippen LogP contribution in [0.15, 0.2) is 35.8 Å². The average Bonchev–Trinajstić information content (AvgIpc) is 1.87. The predicted octanol–water partition coefficient (Wildman–Crippen LogP) is 2.28. The van der Waals surface area contributed by atoms with E-state index in [0.717, 1.165) is 0 Å². The molecule has 0 unspecified atom stereocenters. The van der Waals surface area contributed by atoms with Gasteiger partial charge in [0, 0.05) is 5.70 Å². The highest BCUT2D eigenvalue weighted by molar-refractivity contribution is 5.29. The molecule has 0 fully saturated rings. The summed E-state index contributed by atoms with van der Waals surface area (Å²) in [6, 6.07) is 0. The van der Waals surface area contributed by atoms with Crippen LogP contribution in [0.1, 0.15) is 13.8 Å². The summed E-state index contributed by atoms with van der Waals surface area (Å²) in [4.78, 5) is 0. The molecule has 2 N–H and O–H groups in total. The highest BCUT2D eigenvalue weighted by atomic mass is 19.1. The normalized spacial score (nSPS) is 13.5. The SMILES string of the molecule is C=C(N)/C(C)=C\C(F)=C/C. The zero-order valence-electron chi connectivity index (χ0n) is 6.32. The fourth-order valence-corrected chi connectivity index (χ4v) is 0.383. The van der Waals surface area contributed by atoms with E-state index >= 15 is 0 Å². The molecule has 0 aliphatic rings. The zero-order chi connectivity index (χ0) is 8.15. The van der Waals surface area contributed by atoms with Crippen LogP contribution in [-0.2, 0) is 0 Å². The van der Waals surface area contributed by atoms with Crippen LogP contribution in [0, 0.1) is 0 Å². The van der Waals surface area contributed by atoms with E-state index in [2.05, 4.69) is 6.58 Å². The van der Waals surface area contributed by atoms with Crippen molar-refractivity contribution in [1.29, 1.82) is 0 Å². The molecule has 0 aliphatic carbocycles. The van der Waals surface area contributed by atoms with Crippen molar-refractivity contribution in [3.63, 3.8) is 0 Å². The van der Waals surface area contributed by atoms with Crippen molar-refractivity contribution in [2.45, 2.75) is 13.8 Å². The molecule has 10 heavy (non-hydrogen) atoms. The maximum absolute atomic E-state index is 12.4. The monoisotopic (exact) mass is 141 g/mol. The highest BCUT2D eigenvalue weighted by Crippen LogP contribution is 2.06. The lowest BCUT2D eigenvalue weighted by molar-refractivity contribution is 0.663. The number of rotatable bonds is 2. The van der Waals surface area contributed by atoms with Crippen LogP contribution >= 0.6 is 0 Å². The second-order valence-electron chi connectivity index (χ2n) is 2.03. The molecule has 0 saturated carbocycles. The van der Waals surface area contributed by atoms with Gasteiger partial charge >= 0.3 is 0 Å². The third kappa shape index (κ3) is 3.07. The van der Waals surface area contributed by atoms with E-state index in [1.807, 2.05) is 0 Å². The lowest BCUT2D eigenvalue weighted by Gasteiger charge is -1.95. The lowest BCUT2D eigenvalue weighted by atomic mass is 10.2. The summed E-state index contributed by atoms with van der Waals surface area (Å²) >= 11 is 0. The third-order valence-corrected chi connectivity index (χ3v) is 1.14. The Bertz CT molecular complexity index is 189.